The number of carbonyl (C=O) groups is 1. The summed E-state index contributed by atoms with van der Waals surface area (Å²) in [6.07, 6.45) is 6.09. The number of anilines is 1. The van der Waals surface area contributed by atoms with Crippen LogP contribution in [0.3, 0.4) is 0 Å². The van der Waals surface area contributed by atoms with Crippen molar-refractivity contribution < 1.29 is 9.90 Å². The fourth-order valence-corrected chi connectivity index (χ4v) is 3.19. The van der Waals surface area contributed by atoms with Crippen molar-refractivity contribution in [1.29, 1.82) is 0 Å². The van der Waals surface area contributed by atoms with Crippen LogP contribution in [0.2, 0.25) is 0 Å². The van der Waals surface area contributed by atoms with E-state index in [-0.39, 0.29) is 12.5 Å². The van der Waals surface area contributed by atoms with Crippen LogP contribution in [0.4, 0.5) is 5.95 Å². The maximum atomic E-state index is 12.7. The molecule has 7 nitrogen and oxygen atoms in total. The average Bonchev–Trinajstić information content (AvgIpc) is 3.45. The number of rotatable bonds is 8. The van der Waals surface area contributed by atoms with Gasteiger partial charge in [0.1, 0.15) is 5.69 Å². The third-order valence-corrected chi connectivity index (χ3v) is 5.11. The van der Waals surface area contributed by atoms with Crippen molar-refractivity contribution >= 4 is 11.9 Å². The summed E-state index contributed by atoms with van der Waals surface area (Å²) in [6.45, 7) is 2.67. The topological polar surface area (TPSA) is 103 Å². The molecule has 2 aromatic heterocycles. The molecule has 2 heterocycles. The molecule has 1 aliphatic rings. The minimum atomic E-state index is -0.463. The van der Waals surface area contributed by atoms with Crippen LogP contribution >= 0.6 is 0 Å². The van der Waals surface area contributed by atoms with Crippen LogP contribution < -0.4 is 10.6 Å². The van der Waals surface area contributed by atoms with Gasteiger partial charge in [-0.1, -0.05) is 30.3 Å². The zero-order valence-corrected chi connectivity index (χ0v) is 16.4. The molecule has 1 atom stereocenters. The van der Waals surface area contributed by atoms with Gasteiger partial charge in [-0.05, 0) is 42.9 Å². The van der Waals surface area contributed by atoms with Crippen molar-refractivity contribution in [3.8, 4) is 11.3 Å². The highest BCUT2D eigenvalue weighted by Crippen LogP contribution is 2.29. The Balaban J connectivity index is 1.48. The van der Waals surface area contributed by atoms with Gasteiger partial charge in [-0.3, -0.25) is 4.79 Å². The van der Waals surface area contributed by atoms with Crippen LogP contribution in [0.1, 0.15) is 40.5 Å². The van der Waals surface area contributed by atoms with E-state index in [2.05, 4.69) is 25.6 Å². The number of aromatic amines is 1. The SMILES string of the molecule is Cc1cnc(NCC2CC2)nc1-c1c[nH]c(C(=O)NC(CO)c2ccccc2)c1. The average molecular weight is 391 g/mol. The molecule has 1 aromatic carbocycles. The molecular weight excluding hydrogens is 366 g/mol. The van der Waals surface area contributed by atoms with Crippen molar-refractivity contribution in [2.45, 2.75) is 25.8 Å². The van der Waals surface area contributed by atoms with Crippen LogP contribution in [0.25, 0.3) is 11.3 Å². The number of nitrogens with zero attached hydrogens (tertiary/aromatic N) is 2. The smallest absolute Gasteiger partial charge is 0.268 e. The summed E-state index contributed by atoms with van der Waals surface area (Å²) in [4.78, 5) is 24.7. The normalized spacial score (nSPS) is 14.4. The second kappa shape index (κ2) is 8.45. The predicted octanol–water partition coefficient (Wildman–Crippen LogP) is 3.07. The van der Waals surface area contributed by atoms with E-state index in [0.29, 0.717) is 11.6 Å². The first-order valence-corrected chi connectivity index (χ1v) is 9.87. The van der Waals surface area contributed by atoms with Gasteiger partial charge in [0.2, 0.25) is 5.95 Å². The van der Waals surface area contributed by atoms with Gasteiger partial charge in [0.15, 0.2) is 0 Å². The zero-order chi connectivity index (χ0) is 20.2. The standard InChI is InChI=1S/C22H25N5O2/c1-14-10-24-22(25-11-15-7-8-15)27-20(14)17-9-18(23-12-17)21(29)26-19(13-28)16-5-3-2-4-6-16/h2-6,9-10,12,15,19,23,28H,7-8,11,13H2,1H3,(H,26,29)(H,24,25,27). The molecule has 1 amide bonds. The molecule has 1 saturated carbocycles. The number of carbonyl (C=O) groups excluding carboxylic acids is 1. The first-order chi connectivity index (χ1) is 14.1. The Morgan fingerprint density at radius 2 is 2.10 bits per heavy atom. The van der Waals surface area contributed by atoms with E-state index in [1.165, 1.54) is 12.8 Å². The molecule has 1 aliphatic carbocycles. The van der Waals surface area contributed by atoms with Gasteiger partial charge in [0.25, 0.3) is 5.91 Å². The highest BCUT2D eigenvalue weighted by atomic mass is 16.3. The van der Waals surface area contributed by atoms with Crippen molar-refractivity contribution in [2.75, 3.05) is 18.5 Å². The van der Waals surface area contributed by atoms with Crippen LogP contribution in [-0.4, -0.2) is 39.1 Å². The molecule has 4 N–H and O–H groups in total. The van der Waals surface area contributed by atoms with Gasteiger partial charge in [0.05, 0.1) is 18.3 Å². The molecule has 0 saturated heterocycles. The molecule has 1 unspecified atom stereocenters. The van der Waals surface area contributed by atoms with E-state index in [4.69, 9.17) is 0 Å². The van der Waals surface area contributed by atoms with Gasteiger partial charge in [-0.25, -0.2) is 9.97 Å². The molecule has 29 heavy (non-hydrogen) atoms. The van der Waals surface area contributed by atoms with E-state index in [1.54, 1.807) is 18.5 Å². The molecule has 0 bridgehead atoms. The summed E-state index contributed by atoms with van der Waals surface area (Å²) in [5.74, 6) is 1.06. The number of hydrogen-bond acceptors (Lipinski definition) is 5. The summed E-state index contributed by atoms with van der Waals surface area (Å²) in [6, 6.07) is 10.7. The van der Waals surface area contributed by atoms with Crippen LogP contribution in [0.5, 0.6) is 0 Å². The van der Waals surface area contributed by atoms with Crippen molar-refractivity contribution in [3.63, 3.8) is 0 Å². The summed E-state index contributed by atoms with van der Waals surface area (Å²) >= 11 is 0. The Hall–Kier alpha value is -3.19. The summed E-state index contributed by atoms with van der Waals surface area (Å²) in [5, 5.41) is 15.8. The maximum absolute atomic E-state index is 12.7. The molecule has 7 heteroatoms. The molecule has 4 rings (SSSR count). The van der Waals surface area contributed by atoms with Crippen LogP contribution in [-0.2, 0) is 0 Å². The first-order valence-electron chi connectivity index (χ1n) is 9.87. The highest BCUT2D eigenvalue weighted by Gasteiger charge is 2.21. The lowest BCUT2D eigenvalue weighted by molar-refractivity contribution is 0.0912. The fourth-order valence-electron chi connectivity index (χ4n) is 3.19. The summed E-state index contributed by atoms with van der Waals surface area (Å²) in [7, 11) is 0. The Morgan fingerprint density at radius 3 is 2.83 bits per heavy atom. The first kappa shape index (κ1) is 19.1. The molecular formula is C22H25N5O2. The van der Waals surface area contributed by atoms with Crippen molar-refractivity contribution in [2.24, 2.45) is 5.92 Å². The Kier molecular flexibility index (Phi) is 5.57. The second-order valence-corrected chi connectivity index (χ2v) is 7.47. The lowest BCUT2D eigenvalue weighted by Crippen LogP contribution is -2.30. The minimum absolute atomic E-state index is 0.176. The largest absolute Gasteiger partial charge is 0.394 e. The molecule has 150 valence electrons. The minimum Gasteiger partial charge on any atom is -0.394 e. The number of nitrogens with one attached hydrogen (secondary N) is 3. The van der Waals surface area contributed by atoms with Gasteiger partial charge in [-0.2, -0.15) is 0 Å². The maximum Gasteiger partial charge on any atom is 0.268 e. The molecule has 3 aromatic rings. The highest BCUT2D eigenvalue weighted by molar-refractivity contribution is 5.94. The Labute approximate surface area is 169 Å². The Morgan fingerprint density at radius 1 is 1.31 bits per heavy atom. The van der Waals surface area contributed by atoms with Gasteiger partial charge in [-0.15, -0.1) is 0 Å². The van der Waals surface area contributed by atoms with E-state index >= 15 is 0 Å². The zero-order valence-electron chi connectivity index (χ0n) is 16.4. The quantitative estimate of drug-likeness (QED) is 0.473. The van der Waals surface area contributed by atoms with Crippen LogP contribution in [0, 0.1) is 12.8 Å². The van der Waals surface area contributed by atoms with Gasteiger partial charge in [0, 0.05) is 24.5 Å². The second-order valence-electron chi connectivity index (χ2n) is 7.47. The number of H-pyrrole nitrogens is 1. The number of aromatic nitrogens is 3. The number of aliphatic hydroxyl groups excluding tert-OH is 1. The van der Waals surface area contributed by atoms with E-state index in [9.17, 15) is 9.90 Å². The molecule has 0 aliphatic heterocycles. The predicted molar refractivity (Wildman–Crippen MR) is 112 cm³/mol. The van der Waals surface area contributed by atoms with Crippen LogP contribution in [0.15, 0.2) is 48.8 Å². The van der Waals surface area contributed by atoms with Gasteiger partial charge < -0.3 is 20.7 Å². The lowest BCUT2D eigenvalue weighted by atomic mass is 10.1. The number of aryl methyl sites for hydroxylation is 1. The summed E-state index contributed by atoms with van der Waals surface area (Å²) in [5.41, 5.74) is 3.82. The van der Waals surface area contributed by atoms with E-state index < -0.39 is 6.04 Å². The van der Waals surface area contributed by atoms with E-state index in [1.807, 2.05) is 37.3 Å². The molecule has 0 radical (unpaired) electrons. The molecule has 1 fully saturated rings. The molecule has 0 spiro atoms. The lowest BCUT2D eigenvalue weighted by Gasteiger charge is -2.16. The fraction of sp³-hybridized carbons (Fsp3) is 0.318. The van der Waals surface area contributed by atoms with Crippen molar-refractivity contribution in [1.82, 2.24) is 20.3 Å². The third kappa shape index (κ3) is 4.63. The number of benzene rings is 1. The number of hydrogen-bond donors (Lipinski definition) is 4. The number of amides is 1. The van der Waals surface area contributed by atoms with Gasteiger partial charge >= 0.3 is 0 Å². The summed E-state index contributed by atoms with van der Waals surface area (Å²) < 4.78 is 0. The third-order valence-electron chi connectivity index (χ3n) is 5.11. The van der Waals surface area contributed by atoms with Crippen molar-refractivity contribution in [3.05, 3.63) is 65.6 Å². The van der Waals surface area contributed by atoms with E-state index in [0.717, 1.165) is 34.8 Å². The monoisotopic (exact) mass is 391 g/mol. The Bertz CT molecular complexity index is 982. The number of aliphatic hydroxyl groups is 1.